The molecule has 0 saturated carbocycles. The molecule has 2 N–H and O–H groups in total. The molecule has 3 aromatic rings. The van der Waals surface area contributed by atoms with Crippen molar-refractivity contribution < 1.29 is 19.1 Å². The van der Waals surface area contributed by atoms with Crippen molar-refractivity contribution in [3.8, 4) is 11.1 Å². The van der Waals surface area contributed by atoms with Gasteiger partial charge < -0.3 is 10.1 Å². The first-order valence-corrected chi connectivity index (χ1v) is 8.03. The normalized spacial score (nSPS) is 11.0. The number of hydrogen-bond donors (Lipinski definition) is 2. The van der Waals surface area contributed by atoms with Crippen molar-refractivity contribution in [2.75, 3.05) is 0 Å². The van der Waals surface area contributed by atoms with Gasteiger partial charge in [0.25, 0.3) is 0 Å². The minimum Gasteiger partial charge on any atom is -0.481 e. The second kappa shape index (κ2) is 6.34. The van der Waals surface area contributed by atoms with E-state index in [1.54, 1.807) is 24.4 Å². The maximum absolute atomic E-state index is 14.0. The number of carbonyl (C=O) groups excluding carboxylic acids is 1. The number of fused-ring (bicyclic) bond motifs is 1. The molecule has 118 valence electrons. The van der Waals surface area contributed by atoms with E-state index in [1.165, 1.54) is 17.4 Å². The number of aromatic nitrogens is 1. The maximum Gasteiger partial charge on any atom is 0.303 e. The summed E-state index contributed by atoms with van der Waals surface area (Å²) < 4.78 is 14.0. The number of carboxylic acid groups (broad SMARTS) is 1. The summed E-state index contributed by atoms with van der Waals surface area (Å²) in [5, 5.41) is 10.9. The van der Waals surface area contributed by atoms with E-state index in [-0.39, 0.29) is 24.4 Å². The smallest absolute Gasteiger partial charge is 0.303 e. The monoisotopic (exact) mass is 331 g/mol. The van der Waals surface area contributed by atoms with E-state index >= 15 is 0 Å². The predicted molar refractivity (Wildman–Crippen MR) is 87.4 cm³/mol. The van der Waals surface area contributed by atoms with Gasteiger partial charge in [-0.1, -0.05) is 6.07 Å². The Morgan fingerprint density at radius 3 is 2.87 bits per heavy atom. The summed E-state index contributed by atoms with van der Waals surface area (Å²) in [7, 11) is 0. The Hall–Kier alpha value is -2.47. The summed E-state index contributed by atoms with van der Waals surface area (Å²) in [4.78, 5) is 26.2. The molecular weight excluding hydrogens is 317 g/mol. The topological polar surface area (TPSA) is 70.2 Å². The van der Waals surface area contributed by atoms with E-state index in [0.717, 1.165) is 11.1 Å². The van der Waals surface area contributed by atoms with Gasteiger partial charge in [-0.25, -0.2) is 4.39 Å². The molecule has 0 atom stereocenters. The molecule has 1 aromatic carbocycles. The predicted octanol–water partition coefficient (Wildman–Crippen LogP) is 4.47. The zero-order chi connectivity index (χ0) is 16.4. The lowest BCUT2D eigenvalue weighted by atomic mass is 10.1. The highest BCUT2D eigenvalue weighted by Gasteiger charge is 2.15. The average Bonchev–Trinajstić information content (AvgIpc) is 3.13. The Morgan fingerprint density at radius 1 is 1.26 bits per heavy atom. The van der Waals surface area contributed by atoms with Gasteiger partial charge in [-0.3, -0.25) is 9.59 Å². The van der Waals surface area contributed by atoms with Gasteiger partial charge >= 0.3 is 5.97 Å². The third kappa shape index (κ3) is 3.17. The summed E-state index contributed by atoms with van der Waals surface area (Å²) >= 11 is 1.30. The van der Waals surface area contributed by atoms with E-state index in [9.17, 15) is 14.0 Å². The molecule has 0 saturated heterocycles. The van der Waals surface area contributed by atoms with Crippen molar-refractivity contribution in [2.45, 2.75) is 19.3 Å². The molecule has 0 radical (unpaired) electrons. The van der Waals surface area contributed by atoms with E-state index in [1.807, 2.05) is 5.38 Å². The fraction of sp³-hybridized carbons (Fsp3) is 0.176. The van der Waals surface area contributed by atoms with Gasteiger partial charge in [0, 0.05) is 35.5 Å². The van der Waals surface area contributed by atoms with Crippen LogP contribution in [0.5, 0.6) is 0 Å². The second-order valence-electron chi connectivity index (χ2n) is 5.23. The molecule has 0 unspecified atom stereocenters. The lowest BCUT2D eigenvalue weighted by Crippen LogP contribution is -1.99. The number of carbonyl (C=O) groups is 2. The number of aromatic amines is 1. The Labute approximate surface area is 135 Å². The first-order valence-electron chi connectivity index (χ1n) is 7.16. The van der Waals surface area contributed by atoms with Crippen LogP contribution in [0, 0.1) is 5.82 Å². The standard InChI is InChI=1S/C17H14FNO3S/c18-12-3-1-4-13-17(12)11(8-19-13)10-7-15(23-9-10)14(20)5-2-6-16(21)22/h1,3-4,7-9,19H,2,5-6H2,(H,21,22). The van der Waals surface area contributed by atoms with Gasteiger partial charge in [0.1, 0.15) is 5.82 Å². The number of H-pyrrole nitrogens is 1. The molecule has 0 aliphatic heterocycles. The largest absolute Gasteiger partial charge is 0.481 e. The van der Waals surface area contributed by atoms with E-state index in [0.29, 0.717) is 22.2 Å². The Bertz CT molecular complexity index is 881. The van der Waals surface area contributed by atoms with E-state index in [4.69, 9.17) is 5.11 Å². The number of nitrogens with one attached hydrogen (secondary N) is 1. The van der Waals surface area contributed by atoms with Crippen LogP contribution < -0.4 is 0 Å². The van der Waals surface area contributed by atoms with Gasteiger partial charge in [-0.2, -0.15) is 0 Å². The summed E-state index contributed by atoms with van der Waals surface area (Å²) in [6.45, 7) is 0. The van der Waals surface area contributed by atoms with Crippen molar-refractivity contribution in [1.82, 2.24) is 4.98 Å². The van der Waals surface area contributed by atoms with Crippen LogP contribution in [-0.4, -0.2) is 21.8 Å². The first kappa shape index (κ1) is 15.4. The first-order chi connectivity index (χ1) is 11.1. The zero-order valence-electron chi connectivity index (χ0n) is 12.1. The molecule has 0 aliphatic carbocycles. The van der Waals surface area contributed by atoms with Crippen LogP contribution in [-0.2, 0) is 4.79 Å². The van der Waals surface area contributed by atoms with Gasteiger partial charge in [-0.05, 0) is 35.6 Å². The SMILES string of the molecule is O=C(O)CCCC(=O)c1cc(-c2c[nH]c3cccc(F)c23)cs1. The number of carboxylic acids is 1. The quantitative estimate of drug-likeness (QED) is 0.655. The van der Waals surface area contributed by atoms with Crippen molar-refractivity contribution >= 4 is 34.0 Å². The Morgan fingerprint density at radius 2 is 2.09 bits per heavy atom. The maximum atomic E-state index is 14.0. The van der Waals surface area contributed by atoms with E-state index < -0.39 is 5.97 Å². The van der Waals surface area contributed by atoms with Crippen molar-refractivity contribution in [3.63, 3.8) is 0 Å². The Balaban J connectivity index is 1.84. The lowest BCUT2D eigenvalue weighted by Gasteiger charge is -1.97. The minimum absolute atomic E-state index is 0.0162. The van der Waals surface area contributed by atoms with Crippen LogP contribution in [0.4, 0.5) is 4.39 Å². The number of rotatable bonds is 6. The number of benzene rings is 1. The molecule has 0 fully saturated rings. The summed E-state index contributed by atoms with van der Waals surface area (Å²) in [6.07, 6.45) is 2.24. The lowest BCUT2D eigenvalue weighted by molar-refractivity contribution is -0.137. The number of aliphatic carboxylic acids is 1. The van der Waals surface area contributed by atoms with E-state index in [2.05, 4.69) is 4.98 Å². The summed E-state index contributed by atoms with van der Waals surface area (Å²) in [5.74, 6) is -1.29. The number of hydrogen-bond acceptors (Lipinski definition) is 3. The third-order valence-corrected chi connectivity index (χ3v) is 4.61. The minimum atomic E-state index is -0.904. The van der Waals surface area contributed by atoms with Crippen LogP contribution in [0.25, 0.3) is 22.0 Å². The summed E-state index contributed by atoms with van der Waals surface area (Å²) in [6, 6.07) is 6.59. The highest BCUT2D eigenvalue weighted by molar-refractivity contribution is 7.12. The fourth-order valence-corrected chi connectivity index (χ4v) is 3.39. The highest BCUT2D eigenvalue weighted by atomic mass is 32.1. The number of Topliss-reactive ketones (excluding diaryl/α,β-unsaturated/α-hetero) is 1. The molecule has 4 nitrogen and oxygen atoms in total. The van der Waals surface area contributed by atoms with Crippen LogP contribution in [0.1, 0.15) is 28.9 Å². The molecule has 2 heterocycles. The molecule has 0 amide bonds. The van der Waals surface area contributed by atoms with Crippen molar-refractivity contribution in [3.05, 3.63) is 46.5 Å². The summed E-state index contributed by atoms with van der Waals surface area (Å²) in [5.41, 5.74) is 2.22. The van der Waals surface area contributed by atoms with Crippen LogP contribution in [0.15, 0.2) is 35.8 Å². The zero-order valence-corrected chi connectivity index (χ0v) is 13.0. The molecular formula is C17H14FNO3S. The van der Waals surface area contributed by atoms with Gasteiger partial charge in [-0.15, -0.1) is 11.3 Å². The molecule has 3 rings (SSSR count). The van der Waals surface area contributed by atoms with Crippen LogP contribution in [0.3, 0.4) is 0 Å². The van der Waals surface area contributed by atoms with Crippen LogP contribution in [0.2, 0.25) is 0 Å². The number of ketones is 1. The van der Waals surface area contributed by atoms with Crippen molar-refractivity contribution in [1.29, 1.82) is 0 Å². The highest BCUT2D eigenvalue weighted by Crippen LogP contribution is 2.33. The van der Waals surface area contributed by atoms with Gasteiger partial charge in [0.05, 0.1) is 4.88 Å². The van der Waals surface area contributed by atoms with Gasteiger partial charge in [0.15, 0.2) is 5.78 Å². The molecule has 23 heavy (non-hydrogen) atoms. The molecule has 6 heteroatoms. The number of halogens is 1. The van der Waals surface area contributed by atoms with Gasteiger partial charge in [0.2, 0.25) is 0 Å². The molecule has 0 spiro atoms. The van der Waals surface area contributed by atoms with Crippen LogP contribution >= 0.6 is 11.3 Å². The molecule has 2 aromatic heterocycles. The number of thiophene rings is 1. The third-order valence-electron chi connectivity index (χ3n) is 3.63. The Kier molecular flexibility index (Phi) is 4.25. The fourth-order valence-electron chi connectivity index (χ4n) is 2.51. The molecule has 0 bridgehead atoms. The van der Waals surface area contributed by atoms with Crippen molar-refractivity contribution in [2.24, 2.45) is 0 Å². The average molecular weight is 331 g/mol. The second-order valence-corrected chi connectivity index (χ2v) is 6.15. The molecule has 0 aliphatic rings.